The van der Waals surface area contributed by atoms with Crippen molar-refractivity contribution >= 4 is 29.2 Å². The predicted octanol–water partition coefficient (Wildman–Crippen LogP) is 4.45. The van der Waals surface area contributed by atoms with Crippen LogP contribution < -0.4 is 5.32 Å². The molecule has 0 spiro atoms. The summed E-state index contributed by atoms with van der Waals surface area (Å²) >= 11 is 11.6. The van der Waals surface area contributed by atoms with Crippen LogP contribution in [-0.2, 0) is 0 Å². The van der Waals surface area contributed by atoms with E-state index in [1.165, 1.54) is 12.1 Å². The van der Waals surface area contributed by atoms with E-state index in [-0.39, 0.29) is 16.1 Å². The first-order valence-corrected chi connectivity index (χ1v) is 6.61. The van der Waals surface area contributed by atoms with Crippen LogP contribution in [0.4, 0.5) is 10.3 Å². The van der Waals surface area contributed by atoms with Gasteiger partial charge in [0.2, 0.25) is 5.95 Å². The molecule has 2 aromatic rings. The van der Waals surface area contributed by atoms with E-state index in [9.17, 15) is 4.39 Å². The van der Waals surface area contributed by atoms with Crippen LogP contribution in [0.5, 0.6) is 0 Å². The number of aryl methyl sites for hydroxylation is 1. The third-order valence-electron chi connectivity index (χ3n) is 2.49. The van der Waals surface area contributed by atoms with Crippen molar-refractivity contribution in [1.82, 2.24) is 9.55 Å². The maximum atomic E-state index is 13.4. The summed E-state index contributed by atoms with van der Waals surface area (Å²) in [5.41, 5.74) is 1.51. The second-order valence-corrected chi connectivity index (χ2v) is 5.41. The molecular formula is C13H14Cl2FN3. The summed E-state index contributed by atoms with van der Waals surface area (Å²) in [4.78, 5) is 4.38. The van der Waals surface area contributed by atoms with E-state index in [1.807, 2.05) is 27.0 Å². The Balaban J connectivity index is 2.52. The van der Waals surface area contributed by atoms with Crippen molar-refractivity contribution in [3.8, 4) is 5.69 Å². The normalized spacial score (nSPS) is 11.1. The first-order valence-electron chi connectivity index (χ1n) is 5.86. The van der Waals surface area contributed by atoms with Crippen molar-refractivity contribution < 1.29 is 4.39 Å². The van der Waals surface area contributed by atoms with E-state index in [0.717, 1.165) is 5.69 Å². The van der Waals surface area contributed by atoms with E-state index < -0.39 is 5.82 Å². The van der Waals surface area contributed by atoms with Crippen LogP contribution in [0.25, 0.3) is 5.69 Å². The van der Waals surface area contributed by atoms with Gasteiger partial charge >= 0.3 is 0 Å². The predicted molar refractivity (Wildman–Crippen MR) is 77.0 cm³/mol. The molecule has 0 atom stereocenters. The molecule has 1 N–H and O–H groups in total. The van der Waals surface area contributed by atoms with Gasteiger partial charge in [0.25, 0.3) is 0 Å². The summed E-state index contributed by atoms with van der Waals surface area (Å²) in [6.07, 6.45) is 1.84. The molecule has 1 aromatic heterocycles. The number of anilines is 1. The molecule has 0 amide bonds. The molecule has 0 aliphatic carbocycles. The lowest BCUT2D eigenvalue weighted by molar-refractivity contribution is 0.628. The fraction of sp³-hybridized carbons (Fsp3) is 0.308. The van der Waals surface area contributed by atoms with Gasteiger partial charge in [0.15, 0.2) is 5.82 Å². The molecule has 0 bridgehead atoms. The van der Waals surface area contributed by atoms with Crippen LogP contribution in [0, 0.1) is 12.7 Å². The Hall–Kier alpha value is -1.26. The highest BCUT2D eigenvalue weighted by Gasteiger charge is 2.13. The Morgan fingerprint density at radius 2 is 1.84 bits per heavy atom. The van der Waals surface area contributed by atoms with Gasteiger partial charge in [0.05, 0.1) is 21.4 Å². The van der Waals surface area contributed by atoms with Crippen LogP contribution in [0.3, 0.4) is 0 Å². The first-order chi connectivity index (χ1) is 8.88. The fourth-order valence-electron chi connectivity index (χ4n) is 1.74. The smallest absolute Gasteiger partial charge is 0.207 e. The van der Waals surface area contributed by atoms with E-state index in [1.54, 1.807) is 4.57 Å². The monoisotopic (exact) mass is 301 g/mol. The van der Waals surface area contributed by atoms with Crippen molar-refractivity contribution in [3.63, 3.8) is 0 Å². The lowest BCUT2D eigenvalue weighted by atomic mass is 10.3. The van der Waals surface area contributed by atoms with Gasteiger partial charge in [-0.25, -0.2) is 9.37 Å². The molecule has 3 nitrogen and oxygen atoms in total. The molecule has 0 radical (unpaired) electrons. The molecule has 2 rings (SSSR count). The number of hydrogen-bond acceptors (Lipinski definition) is 2. The van der Waals surface area contributed by atoms with Gasteiger partial charge in [-0.05, 0) is 32.9 Å². The summed E-state index contributed by atoms with van der Waals surface area (Å²) in [6, 6.07) is 3.28. The lowest BCUT2D eigenvalue weighted by Crippen LogP contribution is -2.14. The zero-order valence-electron chi connectivity index (χ0n) is 10.8. The van der Waals surface area contributed by atoms with Crippen molar-refractivity contribution in [3.05, 3.63) is 39.9 Å². The molecule has 0 aliphatic heterocycles. The molecule has 0 saturated heterocycles. The minimum Gasteiger partial charge on any atom is -0.353 e. The van der Waals surface area contributed by atoms with Gasteiger partial charge in [0, 0.05) is 12.2 Å². The Kier molecular flexibility index (Phi) is 4.02. The average Bonchev–Trinajstić information content (AvgIpc) is 2.65. The molecule has 102 valence electrons. The number of nitrogens with zero attached hydrogens (tertiary/aromatic N) is 2. The second-order valence-electron chi connectivity index (χ2n) is 4.60. The summed E-state index contributed by atoms with van der Waals surface area (Å²) in [5, 5.41) is 3.20. The lowest BCUT2D eigenvalue weighted by Gasteiger charge is -2.13. The largest absolute Gasteiger partial charge is 0.353 e. The summed E-state index contributed by atoms with van der Waals surface area (Å²) in [5.74, 6) is 0.0635. The highest BCUT2D eigenvalue weighted by Crippen LogP contribution is 2.28. The molecular weight excluding hydrogens is 288 g/mol. The minimum absolute atomic E-state index is 0.00986. The third-order valence-corrected chi connectivity index (χ3v) is 3.04. The molecule has 19 heavy (non-hydrogen) atoms. The number of halogens is 3. The molecule has 0 unspecified atom stereocenters. The second kappa shape index (κ2) is 5.39. The van der Waals surface area contributed by atoms with Gasteiger partial charge < -0.3 is 5.32 Å². The summed E-state index contributed by atoms with van der Waals surface area (Å²) in [7, 11) is 0. The zero-order chi connectivity index (χ0) is 14.2. The maximum absolute atomic E-state index is 13.4. The Morgan fingerprint density at radius 3 is 2.37 bits per heavy atom. The van der Waals surface area contributed by atoms with Crippen molar-refractivity contribution in [2.24, 2.45) is 0 Å². The van der Waals surface area contributed by atoms with Crippen LogP contribution >= 0.6 is 23.2 Å². The van der Waals surface area contributed by atoms with Gasteiger partial charge in [0.1, 0.15) is 0 Å². The van der Waals surface area contributed by atoms with E-state index in [2.05, 4.69) is 10.3 Å². The van der Waals surface area contributed by atoms with Gasteiger partial charge in [-0.2, -0.15) is 0 Å². The minimum atomic E-state index is -0.609. The molecule has 1 aromatic carbocycles. The summed E-state index contributed by atoms with van der Waals surface area (Å²) < 4.78 is 15.2. The van der Waals surface area contributed by atoms with Crippen molar-refractivity contribution in [2.75, 3.05) is 5.32 Å². The SMILES string of the molecule is Cc1cn(-c2cc(Cl)c(F)c(Cl)c2)c(NC(C)C)n1. The van der Waals surface area contributed by atoms with Crippen molar-refractivity contribution in [1.29, 1.82) is 0 Å². The number of imidazole rings is 1. The molecule has 0 aliphatic rings. The standard InChI is InChI=1S/C13H14Cl2FN3/c1-7(2)17-13-18-8(3)6-19(13)9-4-10(14)12(16)11(15)5-9/h4-7H,1-3H3,(H,17,18). The Bertz CT molecular complexity index is 585. The first kappa shape index (κ1) is 14.2. The number of hydrogen-bond donors (Lipinski definition) is 1. The summed E-state index contributed by atoms with van der Waals surface area (Å²) in [6.45, 7) is 5.91. The number of rotatable bonds is 3. The van der Waals surface area contributed by atoms with Crippen LogP contribution in [-0.4, -0.2) is 15.6 Å². The number of benzene rings is 1. The Labute approximate surface area is 121 Å². The average molecular weight is 302 g/mol. The highest BCUT2D eigenvalue weighted by molar-refractivity contribution is 6.35. The van der Waals surface area contributed by atoms with E-state index in [4.69, 9.17) is 23.2 Å². The van der Waals surface area contributed by atoms with Crippen molar-refractivity contribution in [2.45, 2.75) is 26.8 Å². The van der Waals surface area contributed by atoms with Gasteiger partial charge in [-0.1, -0.05) is 23.2 Å². The maximum Gasteiger partial charge on any atom is 0.207 e. The molecule has 6 heteroatoms. The molecule has 0 fully saturated rings. The van der Waals surface area contributed by atoms with E-state index >= 15 is 0 Å². The third kappa shape index (κ3) is 3.01. The zero-order valence-corrected chi connectivity index (χ0v) is 12.3. The number of nitrogens with one attached hydrogen (secondary N) is 1. The van der Waals surface area contributed by atoms with Crippen LogP contribution in [0.2, 0.25) is 10.0 Å². The van der Waals surface area contributed by atoms with Gasteiger partial charge in [-0.3, -0.25) is 4.57 Å². The topological polar surface area (TPSA) is 29.9 Å². The quantitative estimate of drug-likeness (QED) is 0.849. The van der Waals surface area contributed by atoms with Gasteiger partial charge in [-0.15, -0.1) is 0 Å². The van der Waals surface area contributed by atoms with Crippen LogP contribution in [0.1, 0.15) is 19.5 Å². The van der Waals surface area contributed by atoms with E-state index in [0.29, 0.717) is 11.6 Å². The Morgan fingerprint density at radius 1 is 1.26 bits per heavy atom. The van der Waals surface area contributed by atoms with Crippen LogP contribution in [0.15, 0.2) is 18.3 Å². The highest BCUT2D eigenvalue weighted by atomic mass is 35.5. The fourth-order valence-corrected chi connectivity index (χ4v) is 2.21. The number of aromatic nitrogens is 2. The molecule has 0 saturated carbocycles. The molecule has 1 heterocycles.